The van der Waals surface area contributed by atoms with Crippen molar-refractivity contribution in [2.24, 2.45) is 10.7 Å². The Kier molecular flexibility index (Phi) is 7.40. The van der Waals surface area contributed by atoms with Crippen LogP contribution < -0.4 is 16.4 Å². The summed E-state index contributed by atoms with van der Waals surface area (Å²) in [6.07, 6.45) is 1.95. The first-order valence-electron chi connectivity index (χ1n) is 9.28. The van der Waals surface area contributed by atoms with Gasteiger partial charge in [-0.3, -0.25) is 9.69 Å². The summed E-state index contributed by atoms with van der Waals surface area (Å²) in [4.78, 5) is 22.5. The zero-order valence-corrected chi connectivity index (χ0v) is 17.2. The first kappa shape index (κ1) is 20.6. The van der Waals surface area contributed by atoms with E-state index in [0.29, 0.717) is 19.1 Å². The fourth-order valence-electron chi connectivity index (χ4n) is 2.84. The zero-order chi connectivity index (χ0) is 19.2. The summed E-state index contributed by atoms with van der Waals surface area (Å²) in [5, 5.41) is 9.98. The Morgan fingerprint density at radius 3 is 2.65 bits per heavy atom. The molecule has 1 aromatic heterocycles. The number of amides is 1. The van der Waals surface area contributed by atoms with Gasteiger partial charge in [0.05, 0.1) is 18.8 Å². The molecule has 26 heavy (non-hydrogen) atoms. The van der Waals surface area contributed by atoms with E-state index in [1.54, 1.807) is 11.3 Å². The normalized spacial score (nSPS) is 17.3. The van der Waals surface area contributed by atoms with Gasteiger partial charge in [0.15, 0.2) is 5.96 Å². The van der Waals surface area contributed by atoms with Crippen LogP contribution in [0.25, 0.3) is 0 Å². The lowest BCUT2D eigenvalue weighted by Crippen LogP contribution is -2.49. The fraction of sp³-hybridized carbons (Fsp3) is 0.722. The molecule has 0 spiro atoms. The number of rotatable bonds is 6. The minimum atomic E-state index is -0.260. The van der Waals surface area contributed by atoms with Crippen molar-refractivity contribution in [1.82, 2.24) is 20.5 Å². The highest BCUT2D eigenvalue weighted by Crippen LogP contribution is 2.24. The first-order chi connectivity index (χ1) is 12.3. The summed E-state index contributed by atoms with van der Waals surface area (Å²) < 4.78 is 0. The van der Waals surface area contributed by atoms with Gasteiger partial charge in [-0.05, 0) is 19.8 Å². The Hall–Kier alpha value is -1.67. The predicted molar refractivity (Wildman–Crippen MR) is 107 cm³/mol. The Labute approximate surface area is 160 Å². The van der Waals surface area contributed by atoms with Gasteiger partial charge in [-0.2, -0.15) is 0 Å². The maximum atomic E-state index is 11.0. The standard InChI is InChI=1S/C18H32N6OS/c1-5-20-17(21-10-16-23-14(12-26-16)18(2,3)4)22-13-6-8-24(9-7-13)11-15(19)25/h12-13H,5-11H2,1-4H3,(H2,19,25)(H2,20,21,22). The van der Waals surface area contributed by atoms with Gasteiger partial charge in [-0.1, -0.05) is 20.8 Å². The van der Waals surface area contributed by atoms with Gasteiger partial charge < -0.3 is 16.4 Å². The molecule has 0 radical (unpaired) electrons. The lowest BCUT2D eigenvalue weighted by molar-refractivity contribution is -0.119. The second-order valence-corrected chi connectivity index (χ2v) is 8.68. The molecule has 1 aliphatic rings. The van der Waals surface area contributed by atoms with E-state index >= 15 is 0 Å². The molecule has 1 fully saturated rings. The van der Waals surface area contributed by atoms with Crippen molar-refractivity contribution in [1.29, 1.82) is 0 Å². The van der Waals surface area contributed by atoms with Crippen LogP contribution in [0.3, 0.4) is 0 Å². The third kappa shape index (κ3) is 6.57. The quantitative estimate of drug-likeness (QED) is 0.513. The highest BCUT2D eigenvalue weighted by molar-refractivity contribution is 7.09. The van der Waals surface area contributed by atoms with Crippen molar-refractivity contribution in [3.05, 3.63) is 16.1 Å². The monoisotopic (exact) mass is 380 g/mol. The lowest BCUT2D eigenvalue weighted by Gasteiger charge is -2.32. The number of nitrogens with one attached hydrogen (secondary N) is 2. The average Bonchev–Trinajstić information content (AvgIpc) is 3.03. The number of carbonyl (C=O) groups excluding carboxylic acids is 1. The molecular formula is C18H32N6OS. The molecule has 0 aromatic carbocycles. The molecule has 7 nitrogen and oxygen atoms in total. The number of guanidine groups is 1. The van der Waals surface area contributed by atoms with E-state index in [4.69, 9.17) is 15.7 Å². The van der Waals surface area contributed by atoms with Gasteiger partial charge in [0.1, 0.15) is 5.01 Å². The number of carbonyl (C=O) groups is 1. The molecule has 0 saturated carbocycles. The molecule has 4 N–H and O–H groups in total. The molecule has 1 aromatic rings. The molecule has 1 saturated heterocycles. The largest absolute Gasteiger partial charge is 0.369 e. The van der Waals surface area contributed by atoms with Crippen molar-refractivity contribution in [2.45, 2.75) is 58.5 Å². The number of likely N-dealkylation sites (tertiary alicyclic amines) is 1. The van der Waals surface area contributed by atoms with Gasteiger partial charge in [0.2, 0.25) is 5.91 Å². The number of thiazole rings is 1. The Morgan fingerprint density at radius 1 is 1.42 bits per heavy atom. The van der Waals surface area contributed by atoms with Gasteiger partial charge in [0.25, 0.3) is 0 Å². The number of aliphatic imine (C=N–C) groups is 1. The molecule has 0 bridgehead atoms. The van der Waals surface area contributed by atoms with Gasteiger partial charge in [0, 0.05) is 36.5 Å². The van der Waals surface area contributed by atoms with Crippen molar-refractivity contribution in [2.75, 3.05) is 26.2 Å². The second-order valence-electron chi connectivity index (χ2n) is 7.73. The van der Waals surface area contributed by atoms with E-state index in [1.807, 2.05) is 0 Å². The third-order valence-electron chi connectivity index (χ3n) is 4.34. The molecule has 0 aliphatic carbocycles. The summed E-state index contributed by atoms with van der Waals surface area (Å²) in [5.41, 5.74) is 6.46. The van der Waals surface area contributed by atoms with Gasteiger partial charge in [-0.15, -0.1) is 11.3 Å². The van der Waals surface area contributed by atoms with Gasteiger partial charge in [-0.25, -0.2) is 9.98 Å². The SMILES string of the molecule is CCNC(=NCc1nc(C(C)(C)C)cs1)NC1CCN(CC(N)=O)CC1. The molecule has 8 heteroatoms. The number of hydrogen-bond donors (Lipinski definition) is 3. The van der Waals surface area contributed by atoms with Crippen molar-refractivity contribution in [3.8, 4) is 0 Å². The van der Waals surface area contributed by atoms with E-state index < -0.39 is 0 Å². The topological polar surface area (TPSA) is 95.6 Å². The van der Waals surface area contributed by atoms with Crippen LogP contribution in [0.4, 0.5) is 0 Å². The van der Waals surface area contributed by atoms with Crippen LogP contribution in [0.15, 0.2) is 10.4 Å². The van der Waals surface area contributed by atoms with Crippen LogP contribution in [0.5, 0.6) is 0 Å². The first-order valence-corrected chi connectivity index (χ1v) is 10.2. The number of piperidine rings is 1. The molecule has 0 unspecified atom stereocenters. The number of nitrogens with zero attached hydrogens (tertiary/aromatic N) is 3. The van der Waals surface area contributed by atoms with E-state index in [-0.39, 0.29) is 11.3 Å². The van der Waals surface area contributed by atoms with E-state index in [9.17, 15) is 4.79 Å². The summed E-state index contributed by atoms with van der Waals surface area (Å²) in [6.45, 7) is 12.1. The van der Waals surface area contributed by atoms with Gasteiger partial charge >= 0.3 is 0 Å². The van der Waals surface area contributed by atoms with Crippen LogP contribution in [0.1, 0.15) is 51.2 Å². The van der Waals surface area contributed by atoms with Crippen LogP contribution in [-0.4, -0.2) is 54.0 Å². The summed E-state index contributed by atoms with van der Waals surface area (Å²) in [7, 11) is 0. The molecule has 0 atom stereocenters. The maximum Gasteiger partial charge on any atom is 0.231 e. The predicted octanol–water partition coefficient (Wildman–Crippen LogP) is 1.45. The highest BCUT2D eigenvalue weighted by atomic mass is 32.1. The van der Waals surface area contributed by atoms with Crippen LogP contribution in [-0.2, 0) is 16.8 Å². The van der Waals surface area contributed by atoms with E-state index in [2.05, 4.69) is 48.6 Å². The van der Waals surface area contributed by atoms with E-state index in [0.717, 1.165) is 49.1 Å². The molecular weight excluding hydrogens is 348 g/mol. The molecule has 1 amide bonds. The lowest BCUT2D eigenvalue weighted by atomic mass is 9.93. The Bertz CT molecular complexity index is 613. The molecule has 146 valence electrons. The Balaban J connectivity index is 1.89. The van der Waals surface area contributed by atoms with Crippen LogP contribution >= 0.6 is 11.3 Å². The Morgan fingerprint density at radius 2 is 2.12 bits per heavy atom. The number of nitrogens with two attached hydrogens (primary N) is 1. The second kappa shape index (κ2) is 9.32. The minimum absolute atomic E-state index is 0.0695. The number of aromatic nitrogens is 1. The summed E-state index contributed by atoms with van der Waals surface area (Å²) in [5.74, 6) is 0.567. The molecule has 2 heterocycles. The smallest absolute Gasteiger partial charge is 0.231 e. The van der Waals surface area contributed by atoms with Crippen molar-refractivity contribution >= 4 is 23.2 Å². The zero-order valence-electron chi connectivity index (χ0n) is 16.3. The number of hydrogen-bond acceptors (Lipinski definition) is 5. The number of primary amides is 1. The summed E-state index contributed by atoms with van der Waals surface area (Å²) in [6, 6.07) is 0.360. The van der Waals surface area contributed by atoms with E-state index in [1.165, 1.54) is 0 Å². The maximum absolute atomic E-state index is 11.0. The third-order valence-corrected chi connectivity index (χ3v) is 5.18. The molecule has 1 aliphatic heterocycles. The van der Waals surface area contributed by atoms with Crippen molar-refractivity contribution < 1.29 is 4.79 Å². The summed E-state index contributed by atoms with van der Waals surface area (Å²) >= 11 is 1.66. The minimum Gasteiger partial charge on any atom is -0.369 e. The van der Waals surface area contributed by atoms with Crippen LogP contribution in [0, 0.1) is 0 Å². The molecule has 2 rings (SSSR count). The van der Waals surface area contributed by atoms with Crippen LogP contribution in [0.2, 0.25) is 0 Å². The highest BCUT2D eigenvalue weighted by Gasteiger charge is 2.21. The van der Waals surface area contributed by atoms with Crippen molar-refractivity contribution in [3.63, 3.8) is 0 Å². The fourth-order valence-corrected chi connectivity index (χ4v) is 3.79. The average molecular weight is 381 g/mol.